The van der Waals surface area contributed by atoms with Gasteiger partial charge in [0.15, 0.2) is 11.4 Å². The molecule has 0 radical (unpaired) electrons. The molecule has 8 heteroatoms. The fraction of sp³-hybridized carbons (Fsp3) is 0.167. The third kappa shape index (κ3) is 2.53. The summed E-state index contributed by atoms with van der Waals surface area (Å²) in [6.07, 6.45) is -4.91. The SMILES string of the molecule is O=C(Cl)c1c(OCF)c(C(F)(F)F)nc2ccccc12. The molecule has 0 aliphatic carbocycles. The molecule has 20 heavy (non-hydrogen) atoms. The van der Waals surface area contributed by atoms with Gasteiger partial charge in [0.1, 0.15) is 0 Å². The summed E-state index contributed by atoms with van der Waals surface area (Å²) >= 11 is 5.31. The molecule has 0 bridgehead atoms. The zero-order valence-corrected chi connectivity index (χ0v) is 10.4. The fourth-order valence-corrected chi connectivity index (χ4v) is 1.96. The topological polar surface area (TPSA) is 39.2 Å². The largest absolute Gasteiger partial charge is 0.460 e. The first-order chi connectivity index (χ1) is 9.36. The van der Waals surface area contributed by atoms with Crippen molar-refractivity contribution in [3.05, 3.63) is 35.5 Å². The van der Waals surface area contributed by atoms with Crippen molar-refractivity contribution in [3.63, 3.8) is 0 Å². The predicted octanol–water partition coefficient (Wildman–Crippen LogP) is 3.94. The van der Waals surface area contributed by atoms with E-state index in [-0.39, 0.29) is 10.9 Å². The number of hydrogen-bond donors (Lipinski definition) is 0. The van der Waals surface area contributed by atoms with E-state index in [0.29, 0.717) is 0 Å². The number of aromatic nitrogens is 1. The Hall–Kier alpha value is -1.89. The zero-order chi connectivity index (χ0) is 14.9. The lowest BCUT2D eigenvalue weighted by Gasteiger charge is -2.15. The van der Waals surface area contributed by atoms with Crippen LogP contribution in [-0.2, 0) is 6.18 Å². The maximum atomic E-state index is 12.9. The number of nitrogens with zero attached hydrogens (tertiary/aromatic N) is 1. The highest BCUT2D eigenvalue weighted by Gasteiger charge is 2.39. The molecule has 0 amide bonds. The summed E-state index contributed by atoms with van der Waals surface area (Å²) in [6, 6.07) is 5.57. The van der Waals surface area contributed by atoms with E-state index in [2.05, 4.69) is 9.72 Å². The van der Waals surface area contributed by atoms with Crippen molar-refractivity contribution in [2.24, 2.45) is 0 Å². The lowest BCUT2D eigenvalue weighted by molar-refractivity contribution is -0.142. The Balaban J connectivity index is 2.92. The second-order valence-electron chi connectivity index (χ2n) is 3.71. The molecule has 0 saturated carbocycles. The lowest BCUT2D eigenvalue weighted by Crippen LogP contribution is -2.14. The molecule has 0 atom stereocenters. The molecule has 0 N–H and O–H groups in total. The van der Waals surface area contributed by atoms with E-state index in [0.717, 1.165) is 0 Å². The van der Waals surface area contributed by atoms with Gasteiger partial charge in [-0.2, -0.15) is 13.2 Å². The summed E-state index contributed by atoms with van der Waals surface area (Å²) in [4.78, 5) is 14.8. The normalized spacial score (nSPS) is 11.7. The number of carbonyl (C=O) groups excluding carboxylic acids is 1. The number of alkyl halides is 4. The first kappa shape index (κ1) is 14.5. The minimum atomic E-state index is -4.91. The Labute approximate surface area is 115 Å². The molecule has 0 aliphatic rings. The molecule has 0 fully saturated rings. The van der Waals surface area contributed by atoms with Gasteiger partial charge in [-0.05, 0) is 17.7 Å². The molecule has 3 nitrogen and oxygen atoms in total. The molecular formula is C12H6ClF4NO2. The van der Waals surface area contributed by atoms with Crippen LogP contribution in [0.2, 0.25) is 0 Å². The number of halogens is 5. The third-order valence-corrected chi connectivity index (χ3v) is 2.70. The van der Waals surface area contributed by atoms with E-state index in [1.165, 1.54) is 24.3 Å². The molecule has 2 rings (SSSR count). The van der Waals surface area contributed by atoms with Gasteiger partial charge in [-0.15, -0.1) is 0 Å². The number of carbonyl (C=O) groups is 1. The second kappa shape index (κ2) is 5.24. The van der Waals surface area contributed by atoms with Crippen LogP contribution in [0.1, 0.15) is 16.1 Å². The van der Waals surface area contributed by atoms with Gasteiger partial charge in [0.2, 0.25) is 6.86 Å². The summed E-state index contributed by atoms with van der Waals surface area (Å²) in [5.74, 6) is -1.00. The second-order valence-corrected chi connectivity index (χ2v) is 4.05. The standard InChI is InChI=1S/C12H6ClF4NO2/c13-11(19)8-6-3-1-2-4-7(6)18-10(12(15,16)17)9(8)20-5-14/h1-4H,5H2. The van der Waals surface area contributed by atoms with Crippen molar-refractivity contribution in [2.45, 2.75) is 6.18 Å². The van der Waals surface area contributed by atoms with Crippen LogP contribution < -0.4 is 4.74 Å². The summed E-state index contributed by atoms with van der Waals surface area (Å²) in [6.45, 7) is -1.54. The van der Waals surface area contributed by atoms with Crippen molar-refractivity contribution in [1.29, 1.82) is 0 Å². The maximum Gasteiger partial charge on any atom is 0.437 e. The highest BCUT2D eigenvalue weighted by Crippen LogP contribution is 2.40. The van der Waals surface area contributed by atoms with Crippen LogP contribution in [0.3, 0.4) is 0 Å². The molecule has 0 aliphatic heterocycles. The Morgan fingerprint density at radius 1 is 1.30 bits per heavy atom. The third-order valence-electron chi connectivity index (χ3n) is 2.51. The molecule has 106 valence electrons. The summed E-state index contributed by atoms with van der Waals surface area (Å²) in [7, 11) is 0. The van der Waals surface area contributed by atoms with E-state index in [1.807, 2.05) is 0 Å². The molecule has 0 spiro atoms. The predicted molar refractivity (Wildman–Crippen MR) is 63.5 cm³/mol. The molecular weight excluding hydrogens is 302 g/mol. The maximum absolute atomic E-state index is 12.9. The molecule has 2 aromatic rings. The minimum absolute atomic E-state index is 0.0592. The van der Waals surface area contributed by atoms with Gasteiger partial charge >= 0.3 is 6.18 Å². The molecule has 0 unspecified atom stereocenters. The molecule has 1 heterocycles. The van der Waals surface area contributed by atoms with Crippen molar-refractivity contribution in [2.75, 3.05) is 6.86 Å². The van der Waals surface area contributed by atoms with Gasteiger partial charge < -0.3 is 4.74 Å². The van der Waals surface area contributed by atoms with Crippen LogP contribution in [0.15, 0.2) is 24.3 Å². The smallest absolute Gasteiger partial charge is 0.437 e. The van der Waals surface area contributed by atoms with Crippen molar-refractivity contribution >= 4 is 27.7 Å². The van der Waals surface area contributed by atoms with Crippen LogP contribution in [0, 0.1) is 0 Å². The quantitative estimate of drug-likeness (QED) is 0.637. The van der Waals surface area contributed by atoms with E-state index >= 15 is 0 Å². The lowest BCUT2D eigenvalue weighted by atomic mass is 10.1. The summed E-state index contributed by atoms with van der Waals surface area (Å²) < 4.78 is 55.4. The molecule has 0 saturated heterocycles. The number of ether oxygens (including phenoxy) is 1. The van der Waals surface area contributed by atoms with E-state index in [4.69, 9.17) is 11.6 Å². The highest BCUT2D eigenvalue weighted by atomic mass is 35.5. The summed E-state index contributed by atoms with van der Waals surface area (Å²) in [5.41, 5.74) is -2.13. The van der Waals surface area contributed by atoms with Crippen LogP contribution >= 0.6 is 11.6 Å². The fourth-order valence-electron chi connectivity index (χ4n) is 1.78. The number of pyridine rings is 1. The van der Waals surface area contributed by atoms with Crippen LogP contribution in [0.5, 0.6) is 5.75 Å². The Bertz CT molecular complexity index is 672. The number of fused-ring (bicyclic) bond motifs is 1. The number of hydrogen-bond acceptors (Lipinski definition) is 3. The van der Waals surface area contributed by atoms with Crippen molar-refractivity contribution < 1.29 is 27.1 Å². The van der Waals surface area contributed by atoms with Gasteiger partial charge in [-0.1, -0.05) is 18.2 Å². The highest BCUT2D eigenvalue weighted by molar-refractivity contribution is 6.69. The van der Waals surface area contributed by atoms with Crippen LogP contribution in [0.25, 0.3) is 10.9 Å². The number of para-hydroxylation sites is 1. The van der Waals surface area contributed by atoms with E-state index < -0.39 is 35.3 Å². The average molecular weight is 308 g/mol. The average Bonchev–Trinajstić information content (AvgIpc) is 2.36. The van der Waals surface area contributed by atoms with E-state index in [9.17, 15) is 22.4 Å². The number of rotatable bonds is 3. The minimum Gasteiger partial charge on any atom is -0.460 e. The molecule has 1 aromatic carbocycles. The van der Waals surface area contributed by atoms with Crippen LogP contribution in [-0.4, -0.2) is 17.1 Å². The molecule has 1 aromatic heterocycles. The van der Waals surface area contributed by atoms with Crippen molar-refractivity contribution in [1.82, 2.24) is 4.98 Å². The first-order valence-corrected chi connectivity index (χ1v) is 5.62. The van der Waals surface area contributed by atoms with E-state index in [1.54, 1.807) is 0 Å². The van der Waals surface area contributed by atoms with Gasteiger partial charge in [0.25, 0.3) is 5.24 Å². The first-order valence-electron chi connectivity index (χ1n) is 5.24. The zero-order valence-electron chi connectivity index (χ0n) is 9.67. The van der Waals surface area contributed by atoms with Gasteiger partial charge in [0, 0.05) is 5.39 Å². The van der Waals surface area contributed by atoms with Crippen molar-refractivity contribution in [3.8, 4) is 5.75 Å². The van der Waals surface area contributed by atoms with Crippen LogP contribution in [0.4, 0.5) is 17.6 Å². The Morgan fingerprint density at radius 2 is 1.95 bits per heavy atom. The summed E-state index contributed by atoms with van der Waals surface area (Å²) in [5, 5.41) is -1.12. The monoisotopic (exact) mass is 307 g/mol. The Kier molecular flexibility index (Phi) is 3.80. The van der Waals surface area contributed by atoms with Gasteiger partial charge in [-0.25, -0.2) is 9.37 Å². The Morgan fingerprint density at radius 3 is 2.50 bits per heavy atom. The number of benzene rings is 1. The van der Waals surface area contributed by atoms with Gasteiger partial charge in [0.05, 0.1) is 11.1 Å². The van der Waals surface area contributed by atoms with Gasteiger partial charge in [-0.3, -0.25) is 4.79 Å².